The van der Waals surface area contributed by atoms with Crippen LogP contribution in [-0.4, -0.2) is 20.4 Å². The number of carbonyl (C=O) groups excluding carboxylic acids is 1. The normalized spacial score (nSPS) is 28.8. The average Bonchev–Trinajstić information content (AvgIpc) is 2.72. The Labute approximate surface area is 184 Å². The van der Waals surface area contributed by atoms with E-state index in [0.717, 1.165) is 49.9 Å². The lowest BCUT2D eigenvalue weighted by Gasteiger charge is -2.54. The second kappa shape index (κ2) is 7.59. The lowest BCUT2D eigenvalue weighted by molar-refractivity contribution is -0.00557. The highest BCUT2D eigenvalue weighted by atomic mass is 32.2. The summed E-state index contributed by atoms with van der Waals surface area (Å²) in [6.45, 7) is 0. The van der Waals surface area contributed by atoms with Crippen molar-refractivity contribution in [3.63, 3.8) is 0 Å². The molecule has 0 heterocycles. The number of nitrogens with one attached hydrogen (secondary N) is 1. The van der Waals surface area contributed by atoms with Crippen LogP contribution in [0, 0.1) is 41.1 Å². The molecule has 0 unspecified atom stereocenters. The van der Waals surface area contributed by atoms with Crippen molar-refractivity contribution < 1.29 is 26.4 Å². The third kappa shape index (κ3) is 3.51. The third-order valence-corrected chi connectivity index (χ3v) is 8.89. The van der Waals surface area contributed by atoms with E-state index in [-0.39, 0.29) is 23.4 Å². The van der Waals surface area contributed by atoms with Gasteiger partial charge in [-0.2, -0.15) is 0 Å². The molecule has 2 aromatic rings. The molecule has 170 valence electrons. The molecule has 5 nitrogen and oxygen atoms in total. The Balaban J connectivity index is 1.58. The molecular formula is C23H23F3N2O3S. The summed E-state index contributed by atoms with van der Waals surface area (Å²) in [5.74, 6) is -2.93. The topological polar surface area (TPSA) is 89.3 Å². The quantitative estimate of drug-likeness (QED) is 0.702. The minimum absolute atomic E-state index is 0.199. The SMILES string of the molecule is NC(=O)c1ccc(S(=O)(=O)NC2C3CC4CC(C3)CC2C4)c(-c2ccc(F)c(F)c2)c1F. The van der Waals surface area contributed by atoms with Crippen LogP contribution in [-0.2, 0) is 10.0 Å². The number of hydrogen-bond acceptors (Lipinski definition) is 3. The van der Waals surface area contributed by atoms with Crippen LogP contribution in [0.5, 0.6) is 0 Å². The predicted octanol–water partition coefficient (Wildman–Crippen LogP) is 3.97. The summed E-state index contributed by atoms with van der Waals surface area (Å²) in [5.41, 5.74) is 3.99. The van der Waals surface area contributed by atoms with Gasteiger partial charge in [-0.25, -0.2) is 26.3 Å². The zero-order chi connectivity index (χ0) is 22.8. The molecule has 3 N–H and O–H groups in total. The molecule has 1 amide bonds. The summed E-state index contributed by atoms with van der Waals surface area (Å²) in [4.78, 5) is 11.2. The van der Waals surface area contributed by atoms with Crippen LogP contribution in [0.25, 0.3) is 11.1 Å². The summed E-state index contributed by atoms with van der Waals surface area (Å²) in [7, 11) is -4.23. The Hall–Kier alpha value is -2.39. The van der Waals surface area contributed by atoms with Gasteiger partial charge in [-0.1, -0.05) is 6.07 Å². The molecule has 4 saturated carbocycles. The molecule has 0 aliphatic heterocycles. The summed E-state index contributed by atoms with van der Waals surface area (Å²) >= 11 is 0. The molecule has 4 bridgehead atoms. The van der Waals surface area contributed by atoms with Crippen LogP contribution < -0.4 is 10.5 Å². The first-order valence-electron chi connectivity index (χ1n) is 10.7. The number of amides is 1. The largest absolute Gasteiger partial charge is 0.366 e. The number of nitrogens with two attached hydrogens (primary N) is 1. The first-order chi connectivity index (χ1) is 15.1. The molecule has 9 heteroatoms. The molecule has 0 spiro atoms. The Morgan fingerprint density at radius 3 is 2.09 bits per heavy atom. The molecule has 4 fully saturated rings. The van der Waals surface area contributed by atoms with Crippen LogP contribution in [0.2, 0.25) is 0 Å². The van der Waals surface area contributed by atoms with E-state index in [1.165, 1.54) is 6.42 Å². The Morgan fingerprint density at radius 1 is 0.906 bits per heavy atom. The number of sulfonamides is 1. The van der Waals surface area contributed by atoms with Gasteiger partial charge in [0.25, 0.3) is 5.91 Å². The number of halogens is 3. The van der Waals surface area contributed by atoms with E-state index < -0.39 is 49.4 Å². The highest BCUT2D eigenvalue weighted by molar-refractivity contribution is 7.89. The maximum atomic E-state index is 15.3. The summed E-state index contributed by atoms with van der Waals surface area (Å²) in [6.07, 6.45) is 5.12. The minimum Gasteiger partial charge on any atom is -0.366 e. The van der Waals surface area contributed by atoms with Gasteiger partial charge >= 0.3 is 0 Å². The fourth-order valence-corrected chi connectivity index (χ4v) is 7.85. The number of rotatable bonds is 5. The molecule has 4 aliphatic carbocycles. The first-order valence-corrected chi connectivity index (χ1v) is 12.2. The number of primary amides is 1. The van der Waals surface area contributed by atoms with Crippen molar-refractivity contribution in [3.8, 4) is 11.1 Å². The first kappa shape index (κ1) is 21.5. The average molecular weight is 465 g/mol. The highest BCUT2D eigenvalue weighted by Gasteiger charge is 2.49. The second-order valence-corrected chi connectivity index (χ2v) is 11.1. The fraction of sp³-hybridized carbons (Fsp3) is 0.435. The van der Waals surface area contributed by atoms with Gasteiger partial charge in [0, 0.05) is 11.6 Å². The Kier molecular flexibility index (Phi) is 5.09. The number of benzene rings is 2. The maximum absolute atomic E-state index is 15.3. The van der Waals surface area contributed by atoms with Crippen LogP contribution in [0.1, 0.15) is 42.5 Å². The van der Waals surface area contributed by atoms with Gasteiger partial charge in [0.05, 0.1) is 10.5 Å². The summed E-state index contributed by atoms with van der Waals surface area (Å²) in [5, 5.41) is 0. The third-order valence-electron chi connectivity index (χ3n) is 7.38. The van der Waals surface area contributed by atoms with Gasteiger partial charge in [-0.15, -0.1) is 0 Å². The summed E-state index contributed by atoms with van der Waals surface area (Å²) < 4.78 is 72.3. The van der Waals surface area contributed by atoms with Crippen molar-refractivity contribution in [3.05, 3.63) is 53.3 Å². The maximum Gasteiger partial charge on any atom is 0.251 e. The highest BCUT2D eigenvalue weighted by Crippen LogP contribution is 2.54. The van der Waals surface area contributed by atoms with Crippen molar-refractivity contribution >= 4 is 15.9 Å². The van der Waals surface area contributed by atoms with Crippen molar-refractivity contribution in [1.29, 1.82) is 0 Å². The van der Waals surface area contributed by atoms with Crippen LogP contribution >= 0.6 is 0 Å². The van der Waals surface area contributed by atoms with E-state index in [4.69, 9.17) is 5.73 Å². The molecule has 0 radical (unpaired) electrons. The molecule has 32 heavy (non-hydrogen) atoms. The van der Waals surface area contributed by atoms with E-state index >= 15 is 4.39 Å². The number of carbonyl (C=O) groups is 1. The van der Waals surface area contributed by atoms with Crippen molar-refractivity contribution in [1.82, 2.24) is 4.72 Å². The second-order valence-electron chi connectivity index (χ2n) is 9.37. The zero-order valence-electron chi connectivity index (χ0n) is 17.2. The standard InChI is InChI=1S/C23H23F3N2O3S/c24-17-3-1-13(10-18(17)25)20-19(4-2-16(21(20)26)23(27)29)32(30,31)28-22-14-6-11-5-12(8-14)9-15(22)7-11/h1-4,10-12,14-15,22,28H,5-9H2,(H2,27,29). The van der Waals surface area contributed by atoms with Gasteiger partial charge in [-0.05, 0) is 85.6 Å². The molecule has 6 rings (SSSR count). The van der Waals surface area contributed by atoms with Gasteiger partial charge < -0.3 is 5.73 Å². The lowest BCUT2D eigenvalue weighted by Crippen LogP contribution is -2.55. The monoisotopic (exact) mass is 464 g/mol. The van der Waals surface area contributed by atoms with E-state index in [0.29, 0.717) is 17.9 Å². The summed E-state index contributed by atoms with van der Waals surface area (Å²) in [6, 6.07) is 4.42. The predicted molar refractivity (Wildman–Crippen MR) is 111 cm³/mol. The molecular weight excluding hydrogens is 441 g/mol. The van der Waals surface area contributed by atoms with E-state index in [2.05, 4.69) is 4.72 Å². The van der Waals surface area contributed by atoms with Crippen molar-refractivity contribution in [2.75, 3.05) is 0 Å². The van der Waals surface area contributed by atoms with E-state index in [1.54, 1.807) is 0 Å². The minimum atomic E-state index is -4.23. The molecule has 0 saturated heterocycles. The fourth-order valence-electron chi connectivity index (χ4n) is 6.25. The molecule has 0 aromatic heterocycles. The van der Waals surface area contributed by atoms with Crippen LogP contribution in [0.3, 0.4) is 0 Å². The van der Waals surface area contributed by atoms with Crippen LogP contribution in [0.15, 0.2) is 35.2 Å². The van der Waals surface area contributed by atoms with E-state index in [1.807, 2.05) is 0 Å². The van der Waals surface area contributed by atoms with Gasteiger partial charge in [0.15, 0.2) is 11.6 Å². The van der Waals surface area contributed by atoms with Crippen molar-refractivity contribution in [2.45, 2.75) is 43.0 Å². The van der Waals surface area contributed by atoms with Crippen molar-refractivity contribution in [2.24, 2.45) is 29.4 Å². The van der Waals surface area contributed by atoms with Gasteiger partial charge in [0.2, 0.25) is 10.0 Å². The van der Waals surface area contributed by atoms with E-state index in [9.17, 15) is 22.0 Å². The van der Waals surface area contributed by atoms with Gasteiger partial charge in [0.1, 0.15) is 5.82 Å². The Bertz CT molecular complexity index is 1190. The molecule has 4 aliphatic rings. The van der Waals surface area contributed by atoms with Gasteiger partial charge in [-0.3, -0.25) is 4.79 Å². The molecule has 2 aromatic carbocycles. The lowest BCUT2D eigenvalue weighted by atomic mass is 9.54. The number of hydrogen-bond donors (Lipinski definition) is 2. The smallest absolute Gasteiger partial charge is 0.251 e. The molecule has 0 atom stereocenters. The Morgan fingerprint density at radius 2 is 1.53 bits per heavy atom. The zero-order valence-corrected chi connectivity index (χ0v) is 18.0. The van der Waals surface area contributed by atoms with Crippen LogP contribution in [0.4, 0.5) is 13.2 Å².